The number of hydrogen-bond acceptors (Lipinski definition) is 4. The Bertz CT molecular complexity index is 268. The summed E-state index contributed by atoms with van der Waals surface area (Å²) in [6.45, 7) is 2.87. The van der Waals surface area contributed by atoms with E-state index in [1.54, 1.807) is 0 Å². The summed E-state index contributed by atoms with van der Waals surface area (Å²) < 4.78 is 6.06. The third-order valence-corrected chi connectivity index (χ3v) is 5.92. The number of thioether (sulfide) groups is 1. The zero-order chi connectivity index (χ0) is 11.7. The smallest absolute Gasteiger partial charge is 0.0783 e. The Balaban J connectivity index is 1.66. The third-order valence-electron chi connectivity index (χ3n) is 4.69. The molecular formula is C13H23NO2S. The number of hydrogen-bond donors (Lipinski definition) is 2. The third kappa shape index (κ3) is 2.50. The van der Waals surface area contributed by atoms with Crippen LogP contribution in [-0.2, 0) is 4.74 Å². The summed E-state index contributed by atoms with van der Waals surface area (Å²) in [5.41, 5.74) is 0.157. The fourth-order valence-electron chi connectivity index (χ4n) is 3.64. The Morgan fingerprint density at radius 2 is 2.29 bits per heavy atom. The molecule has 3 heterocycles. The number of aliphatic hydroxyl groups excluding tert-OH is 1. The molecule has 0 radical (unpaired) electrons. The Morgan fingerprint density at radius 3 is 3.06 bits per heavy atom. The highest BCUT2D eigenvalue weighted by atomic mass is 32.2. The number of rotatable bonds is 1. The molecule has 2 N–H and O–H groups in total. The van der Waals surface area contributed by atoms with Crippen LogP contribution in [0.5, 0.6) is 0 Å². The minimum atomic E-state index is -0.0922. The standard InChI is InChI=1S/C13H23NO2S/c15-12-1-4-14-8-11(12)10-2-5-16-13(7-10)3-6-17-9-13/h10-12,14-15H,1-9H2. The van der Waals surface area contributed by atoms with Gasteiger partial charge in [-0.1, -0.05) is 0 Å². The second-order valence-electron chi connectivity index (χ2n) is 5.81. The zero-order valence-corrected chi connectivity index (χ0v) is 11.2. The van der Waals surface area contributed by atoms with Crippen molar-refractivity contribution in [2.45, 2.75) is 37.4 Å². The maximum absolute atomic E-state index is 10.2. The van der Waals surface area contributed by atoms with E-state index in [1.165, 1.54) is 24.3 Å². The molecule has 0 aromatic carbocycles. The van der Waals surface area contributed by atoms with Crippen LogP contribution >= 0.6 is 11.8 Å². The highest BCUT2D eigenvalue weighted by molar-refractivity contribution is 7.99. The maximum atomic E-state index is 10.2. The molecule has 3 rings (SSSR count). The van der Waals surface area contributed by atoms with Crippen LogP contribution in [0.2, 0.25) is 0 Å². The van der Waals surface area contributed by atoms with E-state index < -0.39 is 0 Å². The minimum Gasteiger partial charge on any atom is -0.393 e. The lowest BCUT2D eigenvalue weighted by molar-refractivity contribution is -0.102. The van der Waals surface area contributed by atoms with Gasteiger partial charge in [-0.2, -0.15) is 11.8 Å². The molecule has 4 heteroatoms. The van der Waals surface area contributed by atoms with Crippen LogP contribution in [0.1, 0.15) is 25.7 Å². The van der Waals surface area contributed by atoms with E-state index in [9.17, 15) is 5.11 Å². The monoisotopic (exact) mass is 257 g/mol. The van der Waals surface area contributed by atoms with Gasteiger partial charge in [-0.05, 0) is 43.9 Å². The predicted molar refractivity (Wildman–Crippen MR) is 70.3 cm³/mol. The first-order chi connectivity index (χ1) is 8.29. The lowest BCUT2D eigenvalue weighted by Crippen LogP contribution is -2.49. The fourth-order valence-corrected chi connectivity index (χ4v) is 5.02. The highest BCUT2D eigenvalue weighted by Crippen LogP contribution is 2.43. The van der Waals surface area contributed by atoms with Crippen molar-refractivity contribution < 1.29 is 9.84 Å². The number of piperidine rings is 1. The zero-order valence-electron chi connectivity index (χ0n) is 10.4. The minimum absolute atomic E-state index is 0.0922. The summed E-state index contributed by atoms with van der Waals surface area (Å²) in [7, 11) is 0. The van der Waals surface area contributed by atoms with E-state index in [0.717, 1.165) is 32.5 Å². The van der Waals surface area contributed by atoms with Gasteiger partial charge in [0.1, 0.15) is 0 Å². The van der Waals surface area contributed by atoms with Crippen LogP contribution in [0.15, 0.2) is 0 Å². The lowest BCUT2D eigenvalue weighted by Gasteiger charge is -2.43. The Hall–Kier alpha value is 0.230. The molecule has 0 aromatic rings. The van der Waals surface area contributed by atoms with Gasteiger partial charge in [-0.15, -0.1) is 0 Å². The van der Waals surface area contributed by atoms with E-state index in [1.807, 2.05) is 11.8 Å². The molecule has 0 bridgehead atoms. The molecule has 4 atom stereocenters. The molecule has 1 spiro atoms. The first kappa shape index (κ1) is 12.3. The molecule has 0 amide bonds. The summed E-state index contributed by atoms with van der Waals surface area (Å²) in [5, 5.41) is 13.6. The molecule has 3 nitrogen and oxygen atoms in total. The average molecular weight is 257 g/mol. The first-order valence-corrected chi connectivity index (χ1v) is 8.05. The largest absolute Gasteiger partial charge is 0.393 e. The maximum Gasteiger partial charge on any atom is 0.0783 e. The summed E-state index contributed by atoms with van der Waals surface area (Å²) in [5.74, 6) is 3.53. The lowest BCUT2D eigenvalue weighted by atomic mass is 9.74. The molecule has 17 heavy (non-hydrogen) atoms. The molecule has 0 aromatic heterocycles. The summed E-state index contributed by atoms with van der Waals surface area (Å²) in [6.07, 6.45) is 4.35. The van der Waals surface area contributed by atoms with E-state index in [-0.39, 0.29) is 11.7 Å². The second-order valence-corrected chi connectivity index (χ2v) is 6.92. The van der Waals surface area contributed by atoms with Crippen LogP contribution in [0.3, 0.4) is 0 Å². The van der Waals surface area contributed by atoms with Gasteiger partial charge in [0.25, 0.3) is 0 Å². The van der Waals surface area contributed by atoms with Crippen molar-refractivity contribution in [3.05, 3.63) is 0 Å². The van der Waals surface area contributed by atoms with Crippen LogP contribution in [0, 0.1) is 11.8 Å². The molecule has 0 aliphatic carbocycles. The summed E-state index contributed by atoms with van der Waals surface area (Å²) in [4.78, 5) is 0. The normalized spacial score (nSPS) is 47.5. The van der Waals surface area contributed by atoms with Gasteiger partial charge in [0.05, 0.1) is 11.7 Å². The van der Waals surface area contributed by atoms with Gasteiger partial charge in [0.2, 0.25) is 0 Å². The van der Waals surface area contributed by atoms with Crippen molar-refractivity contribution >= 4 is 11.8 Å². The van der Waals surface area contributed by atoms with Gasteiger partial charge in [-0.25, -0.2) is 0 Å². The van der Waals surface area contributed by atoms with Crippen LogP contribution in [-0.4, -0.2) is 48.0 Å². The van der Waals surface area contributed by atoms with Crippen molar-refractivity contribution in [2.75, 3.05) is 31.2 Å². The van der Waals surface area contributed by atoms with Gasteiger partial charge < -0.3 is 15.2 Å². The van der Waals surface area contributed by atoms with Crippen molar-refractivity contribution in [3.63, 3.8) is 0 Å². The van der Waals surface area contributed by atoms with Crippen LogP contribution < -0.4 is 5.32 Å². The van der Waals surface area contributed by atoms with E-state index in [2.05, 4.69) is 5.32 Å². The SMILES string of the molecule is OC1CCNCC1C1CCOC2(CCSC2)C1. The second kappa shape index (κ2) is 5.08. The van der Waals surface area contributed by atoms with Crippen LogP contribution in [0.25, 0.3) is 0 Å². The van der Waals surface area contributed by atoms with Gasteiger partial charge >= 0.3 is 0 Å². The average Bonchev–Trinajstić information content (AvgIpc) is 2.78. The molecule has 0 saturated carbocycles. The van der Waals surface area contributed by atoms with Crippen molar-refractivity contribution in [2.24, 2.45) is 11.8 Å². The number of nitrogens with one attached hydrogen (secondary N) is 1. The van der Waals surface area contributed by atoms with Gasteiger partial charge in [-0.3, -0.25) is 0 Å². The van der Waals surface area contributed by atoms with Crippen molar-refractivity contribution in [1.29, 1.82) is 0 Å². The number of aliphatic hydroxyl groups is 1. The van der Waals surface area contributed by atoms with E-state index in [0.29, 0.717) is 11.8 Å². The molecular weight excluding hydrogens is 234 g/mol. The van der Waals surface area contributed by atoms with Crippen molar-refractivity contribution in [1.82, 2.24) is 5.32 Å². The molecule has 4 unspecified atom stereocenters. The fraction of sp³-hybridized carbons (Fsp3) is 1.00. The van der Waals surface area contributed by atoms with Crippen molar-refractivity contribution in [3.8, 4) is 0 Å². The van der Waals surface area contributed by atoms with Gasteiger partial charge in [0.15, 0.2) is 0 Å². The molecule has 3 saturated heterocycles. The first-order valence-electron chi connectivity index (χ1n) is 6.90. The van der Waals surface area contributed by atoms with E-state index >= 15 is 0 Å². The van der Waals surface area contributed by atoms with Gasteiger partial charge in [0, 0.05) is 24.8 Å². The van der Waals surface area contributed by atoms with Crippen LogP contribution in [0.4, 0.5) is 0 Å². The summed E-state index contributed by atoms with van der Waals surface area (Å²) in [6, 6.07) is 0. The van der Waals surface area contributed by atoms with E-state index in [4.69, 9.17) is 4.74 Å². The highest BCUT2D eigenvalue weighted by Gasteiger charge is 2.44. The Labute approximate surface area is 108 Å². The quantitative estimate of drug-likeness (QED) is 0.742. The number of ether oxygens (including phenoxy) is 1. The topological polar surface area (TPSA) is 41.5 Å². The summed E-state index contributed by atoms with van der Waals surface area (Å²) >= 11 is 2.03. The molecule has 98 valence electrons. The predicted octanol–water partition coefficient (Wildman–Crippen LogP) is 1.26. The Kier molecular flexibility index (Phi) is 3.67. The molecule has 3 aliphatic rings. The molecule has 3 aliphatic heterocycles. The Morgan fingerprint density at radius 1 is 1.35 bits per heavy atom. The molecule has 3 fully saturated rings.